The van der Waals surface area contributed by atoms with Crippen molar-refractivity contribution in [3.63, 3.8) is 0 Å². The van der Waals surface area contributed by atoms with Crippen LogP contribution in [0.3, 0.4) is 0 Å². The first kappa shape index (κ1) is 20.2. The molecule has 4 aromatic heterocycles. The van der Waals surface area contributed by atoms with Crippen molar-refractivity contribution >= 4 is 17.2 Å². The molecule has 0 bridgehead atoms. The first-order valence-corrected chi connectivity index (χ1v) is 10.8. The SMILES string of the molecule is CC(C)Oc1ccc(-c2ccn3c(-c4ccnc(-c5ccnc(Cl)c5)c4)cnc3c2)cc1. The highest BCUT2D eigenvalue weighted by atomic mass is 35.5. The van der Waals surface area contributed by atoms with Crippen molar-refractivity contribution in [3.05, 3.63) is 90.6 Å². The monoisotopic (exact) mass is 440 g/mol. The molecule has 4 heterocycles. The number of halogens is 1. The van der Waals surface area contributed by atoms with Gasteiger partial charge in [-0.05, 0) is 73.5 Å². The molecular weight excluding hydrogens is 420 g/mol. The molecular formula is C26H21ClN4O. The van der Waals surface area contributed by atoms with Crippen LogP contribution in [-0.2, 0) is 0 Å². The summed E-state index contributed by atoms with van der Waals surface area (Å²) in [5.41, 5.74) is 6.89. The van der Waals surface area contributed by atoms with Crippen LogP contribution in [0.1, 0.15) is 13.8 Å². The lowest BCUT2D eigenvalue weighted by Crippen LogP contribution is -2.05. The van der Waals surface area contributed by atoms with Crippen molar-refractivity contribution in [3.8, 4) is 39.4 Å². The lowest BCUT2D eigenvalue weighted by Gasteiger charge is -2.10. The highest BCUT2D eigenvalue weighted by Gasteiger charge is 2.10. The maximum absolute atomic E-state index is 6.05. The van der Waals surface area contributed by atoms with Gasteiger partial charge in [0.25, 0.3) is 0 Å². The van der Waals surface area contributed by atoms with Crippen molar-refractivity contribution in [2.24, 2.45) is 0 Å². The molecule has 32 heavy (non-hydrogen) atoms. The molecule has 0 saturated carbocycles. The number of pyridine rings is 3. The second-order valence-corrected chi connectivity index (χ2v) is 8.16. The van der Waals surface area contributed by atoms with Crippen LogP contribution in [-0.4, -0.2) is 25.5 Å². The summed E-state index contributed by atoms with van der Waals surface area (Å²) in [6, 6.07) is 20.1. The van der Waals surface area contributed by atoms with Gasteiger partial charge in [0.1, 0.15) is 16.5 Å². The molecule has 0 spiro atoms. The van der Waals surface area contributed by atoms with Crippen molar-refractivity contribution in [1.82, 2.24) is 19.4 Å². The van der Waals surface area contributed by atoms with Crippen LogP contribution in [0.2, 0.25) is 5.15 Å². The predicted molar refractivity (Wildman–Crippen MR) is 128 cm³/mol. The summed E-state index contributed by atoms with van der Waals surface area (Å²) < 4.78 is 7.83. The highest BCUT2D eigenvalue weighted by molar-refractivity contribution is 6.29. The molecule has 0 saturated heterocycles. The summed E-state index contributed by atoms with van der Waals surface area (Å²) in [4.78, 5) is 13.2. The Labute approximate surface area is 191 Å². The van der Waals surface area contributed by atoms with Gasteiger partial charge in [-0.25, -0.2) is 9.97 Å². The van der Waals surface area contributed by atoms with Crippen LogP contribution in [0.4, 0.5) is 0 Å². The zero-order chi connectivity index (χ0) is 22.1. The molecule has 0 unspecified atom stereocenters. The normalized spacial score (nSPS) is 11.2. The van der Waals surface area contributed by atoms with E-state index in [1.54, 1.807) is 12.4 Å². The van der Waals surface area contributed by atoms with Gasteiger partial charge in [-0.15, -0.1) is 0 Å². The van der Waals surface area contributed by atoms with Crippen LogP contribution in [0.25, 0.3) is 39.3 Å². The molecule has 0 aliphatic heterocycles. The van der Waals surface area contributed by atoms with Crippen molar-refractivity contribution in [2.75, 3.05) is 0 Å². The molecule has 0 radical (unpaired) electrons. The topological polar surface area (TPSA) is 52.3 Å². The van der Waals surface area contributed by atoms with Gasteiger partial charge in [-0.2, -0.15) is 0 Å². The Morgan fingerprint density at radius 1 is 0.781 bits per heavy atom. The molecule has 0 amide bonds. The smallest absolute Gasteiger partial charge is 0.137 e. The molecule has 1 aromatic carbocycles. The summed E-state index contributed by atoms with van der Waals surface area (Å²) in [6.45, 7) is 4.05. The average Bonchev–Trinajstić information content (AvgIpc) is 3.23. The third-order valence-electron chi connectivity index (χ3n) is 5.15. The van der Waals surface area contributed by atoms with E-state index in [2.05, 4.69) is 49.8 Å². The molecule has 6 heteroatoms. The maximum atomic E-state index is 6.05. The second-order valence-electron chi connectivity index (χ2n) is 7.78. The van der Waals surface area contributed by atoms with E-state index in [4.69, 9.17) is 16.3 Å². The fourth-order valence-electron chi connectivity index (χ4n) is 3.68. The number of imidazole rings is 1. The summed E-state index contributed by atoms with van der Waals surface area (Å²) in [5, 5.41) is 0.445. The van der Waals surface area contributed by atoms with Crippen LogP contribution in [0, 0.1) is 0 Å². The molecule has 5 rings (SSSR count). The number of aromatic nitrogens is 4. The van der Waals surface area contributed by atoms with E-state index >= 15 is 0 Å². The van der Waals surface area contributed by atoms with E-state index in [1.807, 2.05) is 56.4 Å². The number of ether oxygens (including phenoxy) is 1. The Bertz CT molecular complexity index is 1390. The van der Waals surface area contributed by atoms with Crippen molar-refractivity contribution in [2.45, 2.75) is 20.0 Å². The Hall–Kier alpha value is -3.70. The Balaban J connectivity index is 1.48. The van der Waals surface area contributed by atoms with Gasteiger partial charge in [0.05, 0.1) is 23.7 Å². The molecule has 0 fully saturated rings. The van der Waals surface area contributed by atoms with Crippen LogP contribution >= 0.6 is 11.6 Å². The van der Waals surface area contributed by atoms with E-state index in [9.17, 15) is 0 Å². The van der Waals surface area contributed by atoms with E-state index in [-0.39, 0.29) is 6.10 Å². The summed E-state index contributed by atoms with van der Waals surface area (Å²) in [5.74, 6) is 0.872. The van der Waals surface area contributed by atoms with Gasteiger partial charge < -0.3 is 4.74 Å². The minimum Gasteiger partial charge on any atom is -0.491 e. The Kier molecular flexibility index (Phi) is 5.33. The second kappa shape index (κ2) is 8.44. The van der Waals surface area contributed by atoms with Crippen LogP contribution in [0.15, 0.2) is 85.5 Å². The number of fused-ring (bicyclic) bond motifs is 1. The number of rotatable bonds is 5. The summed E-state index contributed by atoms with van der Waals surface area (Å²) >= 11 is 6.05. The molecule has 0 atom stereocenters. The molecule has 0 aliphatic rings. The fraction of sp³-hybridized carbons (Fsp3) is 0.115. The number of hydrogen-bond donors (Lipinski definition) is 0. The zero-order valence-electron chi connectivity index (χ0n) is 17.7. The van der Waals surface area contributed by atoms with Crippen molar-refractivity contribution in [1.29, 1.82) is 0 Å². The third-order valence-corrected chi connectivity index (χ3v) is 5.36. The standard InChI is InChI=1S/C26H21ClN4O/c1-17(2)32-22-5-3-18(4-6-22)19-9-12-31-24(16-30-26(31)15-19)21-8-10-28-23(13-21)20-7-11-29-25(27)14-20/h3-17H,1-2H3. The lowest BCUT2D eigenvalue weighted by molar-refractivity contribution is 0.242. The summed E-state index contributed by atoms with van der Waals surface area (Å²) in [6.07, 6.45) is 7.58. The zero-order valence-corrected chi connectivity index (χ0v) is 18.5. The molecule has 5 aromatic rings. The predicted octanol–water partition coefficient (Wildman–Crippen LogP) is 6.57. The quantitative estimate of drug-likeness (QED) is 0.290. The van der Waals surface area contributed by atoms with Gasteiger partial charge in [0.2, 0.25) is 0 Å². The molecule has 0 aliphatic carbocycles. The first-order chi connectivity index (χ1) is 15.6. The Morgan fingerprint density at radius 3 is 2.34 bits per heavy atom. The van der Waals surface area contributed by atoms with E-state index in [0.717, 1.165) is 45.0 Å². The number of benzene rings is 1. The van der Waals surface area contributed by atoms with E-state index in [1.165, 1.54) is 0 Å². The molecule has 5 nitrogen and oxygen atoms in total. The summed E-state index contributed by atoms with van der Waals surface area (Å²) in [7, 11) is 0. The largest absolute Gasteiger partial charge is 0.491 e. The van der Waals surface area contributed by atoms with Gasteiger partial charge in [-0.1, -0.05) is 23.7 Å². The maximum Gasteiger partial charge on any atom is 0.137 e. The van der Waals surface area contributed by atoms with Gasteiger partial charge >= 0.3 is 0 Å². The minimum absolute atomic E-state index is 0.157. The Morgan fingerprint density at radius 2 is 1.56 bits per heavy atom. The van der Waals surface area contributed by atoms with Crippen molar-refractivity contribution < 1.29 is 4.74 Å². The number of nitrogens with zero attached hydrogens (tertiary/aromatic N) is 4. The lowest BCUT2D eigenvalue weighted by atomic mass is 10.1. The van der Waals surface area contributed by atoms with E-state index < -0.39 is 0 Å². The van der Waals surface area contributed by atoms with Gasteiger partial charge in [-0.3, -0.25) is 9.38 Å². The first-order valence-electron chi connectivity index (χ1n) is 10.4. The minimum atomic E-state index is 0.157. The van der Waals surface area contributed by atoms with Crippen LogP contribution < -0.4 is 4.74 Å². The highest BCUT2D eigenvalue weighted by Crippen LogP contribution is 2.29. The van der Waals surface area contributed by atoms with Gasteiger partial charge in [0.15, 0.2) is 0 Å². The average molecular weight is 441 g/mol. The molecule has 0 N–H and O–H groups in total. The van der Waals surface area contributed by atoms with Crippen LogP contribution in [0.5, 0.6) is 5.75 Å². The number of hydrogen-bond acceptors (Lipinski definition) is 4. The fourth-order valence-corrected chi connectivity index (χ4v) is 3.86. The van der Waals surface area contributed by atoms with E-state index in [0.29, 0.717) is 5.15 Å². The third kappa shape index (κ3) is 4.07. The van der Waals surface area contributed by atoms with Gasteiger partial charge in [0, 0.05) is 29.7 Å². The molecule has 158 valence electrons.